The van der Waals surface area contributed by atoms with Gasteiger partial charge in [0.1, 0.15) is 5.71 Å². The molecule has 0 saturated carbocycles. The van der Waals surface area contributed by atoms with Crippen LogP contribution in [0.4, 0.5) is 0 Å². The topological polar surface area (TPSA) is 47.9 Å². The van der Waals surface area contributed by atoms with Gasteiger partial charge in [-0.25, -0.2) is 4.79 Å². The van der Waals surface area contributed by atoms with Crippen molar-refractivity contribution in [3.8, 4) is 0 Å². The van der Waals surface area contributed by atoms with E-state index in [9.17, 15) is 4.79 Å². The highest BCUT2D eigenvalue weighted by molar-refractivity contribution is 6.37. The quantitative estimate of drug-likeness (QED) is 0.469. The number of carbonyl (C=O) groups is 1. The number of esters is 1. The molecule has 0 aromatic heterocycles. The van der Waals surface area contributed by atoms with Gasteiger partial charge in [-0.15, -0.1) is 0 Å². The maximum absolute atomic E-state index is 11.2. The van der Waals surface area contributed by atoms with Crippen LogP contribution in [0.25, 0.3) is 0 Å². The normalized spacial score (nSPS) is 20.0. The summed E-state index contributed by atoms with van der Waals surface area (Å²) in [5, 5.41) is 0. The number of rotatable bonds is 2. The van der Waals surface area contributed by atoms with Crippen LogP contribution in [0.5, 0.6) is 0 Å². The third-order valence-electron chi connectivity index (χ3n) is 2.24. The first-order chi connectivity index (χ1) is 6.29. The summed E-state index contributed by atoms with van der Waals surface area (Å²) in [6.45, 7) is 1.42. The van der Waals surface area contributed by atoms with E-state index in [0.29, 0.717) is 18.9 Å². The third kappa shape index (κ3) is 2.52. The van der Waals surface area contributed by atoms with Crippen molar-refractivity contribution >= 4 is 11.7 Å². The van der Waals surface area contributed by atoms with E-state index in [4.69, 9.17) is 4.74 Å². The van der Waals surface area contributed by atoms with Gasteiger partial charge in [0.2, 0.25) is 0 Å². The van der Waals surface area contributed by atoms with Gasteiger partial charge in [-0.1, -0.05) is 0 Å². The van der Waals surface area contributed by atoms with Crippen LogP contribution in [0.1, 0.15) is 12.8 Å². The Labute approximate surface area is 77.9 Å². The van der Waals surface area contributed by atoms with E-state index in [1.165, 1.54) is 7.11 Å². The second-order valence-corrected chi connectivity index (χ2v) is 2.99. The zero-order chi connectivity index (χ0) is 9.68. The minimum Gasteiger partial charge on any atom is -0.465 e. The van der Waals surface area contributed by atoms with Crippen molar-refractivity contribution < 1.29 is 14.3 Å². The van der Waals surface area contributed by atoms with Crippen molar-refractivity contribution in [3.05, 3.63) is 0 Å². The molecular weight excluding hydrogens is 170 g/mol. The van der Waals surface area contributed by atoms with Gasteiger partial charge in [0, 0.05) is 26.2 Å². The molecule has 0 spiro atoms. The summed E-state index contributed by atoms with van der Waals surface area (Å²) >= 11 is 0. The number of hydrogen-bond acceptors (Lipinski definition) is 4. The Balaban J connectivity index is 2.60. The molecular formula is C9H15NO3. The van der Waals surface area contributed by atoms with E-state index >= 15 is 0 Å². The first-order valence-electron chi connectivity index (χ1n) is 4.42. The second-order valence-electron chi connectivity index (χ2n) is 2.99. The first-order valence-corrected chi connectivity index (χ1v) is 4.42. The molecule has 13 heavy (non-hydrogen) atoms. The van der Waals surface area contributed by atoms with Crippen molar-refractivity contribution in [3.63, 3.8) is 0 Å². The average molecular weight is 185 g/mol. The van der Waals surface area contributed by atoms with Crippen molar-refractivity contribution in [2.24, 2.45) is 10.9 Å². The van der Waals surface area contributed by atoms with Crippen molar-refractivity contribution in [1.29, 1.82) is 0 Å². The predicted octanol–water partition coefficient (Wildman–Crippen LogP) is 0.657. The Hall–Kier alpha value is -0.900. The van der Waals surface area contributed by atoms with Crippen LogP contribution in [-0.4, -0.2) is 39.1 Å². The fourth-order valence-electron chi connectivity index (χ4n) is 1.52. The zero-order valence-corrected chi connectivity index (χ0v) is 8.08. The molecule has 1 aliphatic rings. The molecule has 1 aliphatic heterocycles. The van der Waals surface area contributed by atoms with Crippen LogP contribution >= 0.6 is 0 Å². The van der Waals surface area contributed by atoms with Gasteiger partial charge in [0.05, 0.1) is 7.11 Å². The molecule has 0 radical (unpaired) electrons. The molecule has 4 heteroatoms. The second kappa shape index (κ2) is 4.97. The summed E-state index contributed by atoms with van der Waals surface area (Å²) < 4.78 is 9.85. The Bertz CT molecular complexity index is 207. The molecule has 74 valence electrons. The maximum atomic E-state index is 11.2. The smallest absolute Gasteiger partial charge is 0.352 e. The van der Waals surface area contributed by atoms with Crippen LogP contribution < -0.4 is 0 Å². The predicted molar refractivity (Wildman–Crippen MR) is 48.9 cm³/mol. The minimum absolute atomic E-state index is 0.214. The van der Waals surface area contributed by atoms with Gasteiger partial charge in [-0.05, 0) is 12.8 Å². The number of methoxy groups -OCH3 is 1. The summed E-state index contributed by atoms with van der Waals surface area (Å²) in [6, 6.07) is 0. The molecule has 0 aromatic rings. The SMILES string of the molecule is CN=C(C(=O)OC)C1CCOCC1. The highest BCUT2D eigenvalue weighted by Crippen LogP contribution is 2.17. The van der Waals surface area contributed by atoms with Gasteiger partial charge >= 0.3 is 5.97 Å². The fourth-order valence-corrected chi connectivity index (χ4v) is 1.52. The lowest BCUT2D eigenvalue weighted by molar-refractivity contribution is -0.133. The molecule has 1 rings (SSSR count). The van der Waals surface area contributed by atoms with Gasteiger partial charge in [0.25, 0.3) is 0 Å². The van der Waals surface area contributed by atoms with Crippen LogP contribution in [0, 0.1) is 5.92 Å². The van der Waals surface area contributed by atoms with Gasteiger partial charge in [0.15, 0.2) is 0 Å². The van der Waals surface area contributed by atoms with E-state index in [-0.39, 0.29) is 11.9 Å². The largest absolute Gasteiger partial charge is 0.465 e. The molecule has 1 heterocycles. The van der Waals surface area contributed by atoms with E-state index in [0.717, 1.165) is 12.8 Å². The molecule has 1 fully saturated rings. The van der Waals surface area contributed by atoms with E-state index in [1.807, 2.05) is 0 Å². The van der Waals surface area contributed by atoms with Crippen LogP contribution in [0.2, 0.25) is 0 Å². The van der Waals surface area contributed by atoms with Gasteiger partial charge in [-0.2, -0.15) is 0 Å². The lowest BCUT2D eigenvalue weighted by Gasteiger charge is -2.21. The number of nitrogens with zero attached hydrogens (tertiary/aromatic N) is 1. The lowest BCUT2D eigenvalue weighted by atomic mass is 9.94. The Morgan fingerprint density at radius 3 is 2.54 bits per heavy atom. The Morgan fingerprint density at radius 2 is 2.08 bits per heavy atom. The highest BCUT2D eigenvalue weighted by Gasteiger charge is 2.24. The van der Waals surface area contributed by atoms with E-state index in [2.05, 4.69) is 9.73 Å². The van der Waals surface area contributed by atoms with Crippen molar-refractivity contribution in [2.45, 2.75) is 12.8 Å². The molecule has 0 aliphatic carbocycles. The summed E-state index contributed by atoms with van der Waals surface area (Å²) in [4.78, 5) is 15.2. The zero-order valence-electron chi connectivity index (χ0n) is 8.08. The molecule has 0 amide bonds. The standard InChI is InChI=1S/C9H15NO3/c1-10-8(9(11)12-2)7-3-5-13-6-4-7/h7H,3-6H2,1-2H3. The number of carbonyl (C=O) groups excluding carboxylic acids is 1. The first kappa shape index (κ1) is 10.2. The number of ether oxygens (including phenoxy) is 2. The van der Waals surface area contributed by atoms with Crippen LogP contribution in [0.3, 0.4) is 0 Å². The average Bonchev–Trinajstić information content (AvgIpc) is 2.20. The molecule has 0 atom stereocenters. The number of aliphatic imine (C=N–C) groups is 1. The van der Waals surface area contributed by atoms with Gasteiger partial charge in [-0.3, -0.25) is 4.99 Å². The third-order valence-corrected chi connectivity index (χ3v) is 2.24. The molecule has 4 nitrogen and oxygen atoms in total. The Morgan fingerprint density at radius 1 is 1.46 bits per heavy atom. The summed E-state index contributed by atoms with van der Waals surface area (Å²) in [5.41, 5.74) is 0.547. The molecule has 0 N–H and O–H groups in total. The van der Waals surface area contributed by atoms with Crippen LogP contribution in [-0.2, 0) is 14.3 Å². The molecule has 0 bridgehead atoms. The van der Waals surface area contributed by atoms with Gasteiger partial charge < -0.3 is 9.47 Å². The lowest BCUT2D eigenvalue weighted by Crippen LogP contribution is -2.30. The number of hydrogen-bond donors (Lipinski definition) is 0. The monoisotopic (exact) mass is 185 g/mol. The van der Waals surface area contributed by atoms with Crippen molar-refractivity contribution in [2.75, 3.05) is 27.4 Å². The van der Waals surface area contributed by atoms with Crippen molar-refractivity contribution in [1.82, 2.24) is 0 Å². The van der Waals surface area contributed by atoms with Crippen LogP contribution in [0.15, 0.2) is 4.99 Å². The summed E-state index contributed by atoms with van der Waals surface area (Å²) in [5.74, 6) is -0.0967. The molecule has 1 saturated heterocycles. The molecule has 0 aromatic carbocycles. The summed E-state index contributed by atoms with van der Waals surface area (Å²) in [6.07, 6.45) is 1.73. The fraction of sp³-hybridized carbons (Fsp3) is 0.778. The minimum atomic E-state index is -0.311. The summed E-state index contributed by atoms with van der Waals surface area (Å²) in [7, 11) is 3.01. The van der Waals surface area contributed by atoms with E-state index in [1.54, 1.807) is 7.05 Å². The Kier molecular flexibility index (Phi) is 3.89. The van der Waals surface area contributed by atoms with E-state index < -0.39 is 0 Å². The molecule has 0 unspecified atom stereocenters. The maximum Gasteiger partial charge on any atom is 0.352 e. The highest BCUT2D eigenvalue weighted by atomic mass is 16.5.